The highest BCUT2D eigenvalue weighted by Gasteiger charge is 2.35. The number of carbonyl (C=O) groups is 2. The third kappa shape index (κ3) is 3.36. The Balaban J connectivity index is 1.75. The molecule has 1 heterocycles. The number of hydrogen-bond donors (Lipinski definition) is 1. The summed E-state index contributed by atoms with van der Waals surface area (Å²) in [5.41, 5.74) is 3.73. The van der Waals surface area contributed by atoms with E-state index in [4.69, 9.17) is 0 Å². The number of aryl methyl sites for hydroxylation is 2. The molecule has 2 aromatic carbocycles. The van der Waals surface area contributed by atoms with E-state index in [9.17, 15) is 9.59 Å². The molecule has 1 fully saturated rings. The van der Waals surface area contributed by atoms with Crippen molar-refractivity contribution in [3.63, 3.8) is 0 Å². The highest BCUT2D eigenvalue weighted by Crippen LogP contribution is 2.31. The number of hydrogen-bond acceptors (Lipinski definition) is 2. The van der Waals surface area contributed by atoms with E-state index in [0.29, 0.717) is 6.54 Å². The summed E-state index contributed by atoms with van der Waals surface area (Å²) in [6.45, 7) is 4.35. The monoisotopic (exact) mass is 386 g/mol. The van der Waals surface area contributed by atoms with Crippen LogP contribution in [0, 0.1) is 19.8 Å². The Hall–Kier alpha value is -2.14. The Kier molecular flexibility index (Phi) is 4.71. The molecule has 0 radical (unpaired) electrons. The quantitative estimate of drug-likeness (QED) is 0.864. The van der Waals surface area contributed by atoms with Gasteiger partial charge in [-0.2, -0.15) is 0 Å². The standard InChI is InChI=1S/C19H19BrN2O2/c1-12-7-8-13(2)16(9-12)21-19(24)14-10-18(23)22(11-14)17-6-4-3-5-15(17)20/h3-9,14H,10-11H2,1-2H3,(H,21,24)/t14-/m0/s1. The van der Waals surface area contributed by atoms with Crippen molar-refractivity contribution in [2.24, 2.45) is 5.92 Å². The summed E-state index contributed by atoms with van der Waals surface area (Å²) in [7, 11) is 0. The van der Waals surface area contributed by atoms with Crippen LogP contribution in [-0.4, -0.2) is 18.4 Å². The summed E-state index contributed by atoms with van der Waals surface area (Å²) in [6, 6.07) is 13.5. The zero-order chi connectivity index (χ0) is 17.3. The lowest BCUT2D eigenvalue weighted by Gasteiger charge is -2.18. The molecule has 24 heavy (non-hydrogen) atoms. The van der Waals surface area contributed by atoms with Crippen LogP contribution in [0.15, 0.2) is 46.9 Å². The Morgan fingerprint density at radius 1 is 1.21 bits per heavy atom. The van der Waals surface area contributed by atoms with Gasteiger partial charge in [-0.1, -0.05) is 24.3 Å². The van der Waals surface area contributed by atoms with Gasteiger partial charge >= 0.3 is 0 Å². The smallest absolute Gasteiger partial charge is 0.229 e. The fourth-order valence-corrected chi connectivity index (χ4v) is 3.39. The Morgan fingerprint density at radius 3 is 2.71 bits per heavy atom. The van der Waals surface area contributed by atoms with Crippen molar-refractivity contribution in [3.8, 4) is 0 Å². The third-order valence-electron chi connectivity index (χ3n) is 4.29. The molecular weight excluding hydrogens is 368 g/mol. The minimum Gasteiger partial charge on any atom is -0.326 e. The molecule has 0 bridgehead atoms. The molecule has 0 spiro atoms. The molecule has 0 unspecified atom stereocenters. The summed E-state index contributed by atoms with van der Waals surface area (Å²) in [5.74, 6) is -0.473. The van der Waals surface area contributed by atoms with Crippen molar-refractivity contribution < 1.29 is 9.59 Å². The summed E-state index contributed by atoms with van der Waals surface area (Å²) in [4.78, 5) is 26.6. The topological polar surface area (TPSA) is 49.4 Å². The fourth-order valence-electron chi connectivity index (χ4n) is 2.89. The SMILES string of the molecule is Cc1ccc(C)c(NC(=O)[C@H]2CC(=O)N(c3ccccc3Br)C2)c1. The summed E-state index contributed by atoms with van der Waals surface area (Å²) < 4.78 is 0.855. The fraction of sp³-hybridized carbons (Fsp3) is 0.263. The molecule has 5 heteroatoms. The number of para-hydroxylation sites is 1. The van der Waals surface area contributed by atoms with E-state index in [-0.39, 0.29) is 24.2 Å². The van der Waals surface area contributed by atoms with Crippen LogP contribution in [0.1, 0.15) is 17.5 Å². The van der Waals surface area contributed by atoms with Crippen LogP contribution in [0.4, 0.5) is 11.4 Å². The van der Waals surface area contributed by atoms with E-state index in [2.05, 4.69) is 21.2 Å². The molecule has 1 atom stereocenters. The van der Waals surface area contributed by atoms with Gasteiger partial charge in [-0.25, -0.2) is 0 Å². The van der Waals surface area contributed by atoms with Gasteiger partial charge in [0.1, 0.15) is 0 Å². The largest absolute Gasteiger partial charge is 0.326 e. The van der Waals surface area contributed by atoms with Gasteiger partial charge in [-0.05, 0) is 59.1 Å². The van der Waals surface area contributed by atoms with E-state index in [1.54, 1.807) is 4.90 Å². The zero-order valence-corrected chi connectivity index (χ0v) is 15.3. The Bertz CT molecular complexity index is 804. The first-order valence-electron chi connectivity index (χ1n) is 7.88. The first-order chi connectivity index (χ1) is 11.5. The molecule has 1 N–H and O–H groups in total. The number of amides is 2. The van der Waals surface area contributed by atoms with Crippen LogP contribution < -0.4 is 10.2 Å². The van der Waals surface area contributed by atoms with Gasteiger partial charge in [0.25, 0.3) is 0 Å². The molecule has 4 nitrogen and oxygen atoms in total. The van der Waals surface area contributed by atoms with Crippen molar-refractivity contribution in [3.05, 3.63) is 58.1 Å². The van der Waals surface area contributed by atoms with E-state index in [1.165, 1.54) is 0 Å². The second-order valence-corrected chi connectivity index (χ2v) is 7.02. The van der Waals surface area contributed by atoms with E-state index in [1.807, 2.05) is 56.3 Å². The van der Waals surface area contributed by atoms with Crippen LogP contribution in [0.2, 0.25) is 0 Å². The van der Waals surface area contributed by atoms with Crippen molar-refractivity contribution in [1.82, 2.24) is 0 Å². The minimum atomic E-state index is -0.343. The molecule has 1 aliphatic rings. The number of carbonyl (C=O) groups excluding carboxylic acids is 2. The Labute approximate surface area is 150 Å². The lowest BCUT2D eigenvalue weighted by atomic mass is 10.1. The molecule has 1 saturated heterocycles. The number of nitrogens with one attached hydrogen (secondary N) is 1. The molecule has 3 rings (SSSR count). The van der Waals surface area contributed by atoms with Crippen molar-refractivity contribution in [1.29, 1.82) is 0 Å². The number of benzene rings is 2. The van der Waals surface area contributed by atoms with Crippen molar-refractivity contribution >= 4 is 39.1 Å². The maximum Gasteiger partial charge on any atom is 0.229 e. The molecule has 0 aromatic heterocycles. The molecular formula is C19H19BrN2O2. The lowest BCUT2D eigenvalue weighted by molar-refractivity contribution is -0.122. The first kappa shape index (κ1) is 16.7. The van der Waals surface area contributed by atoms with Crippen LogP contribution in [0.3, 0.4) is 0 Å². The molecule has 124 valence electrons. The predicted octanol–water partition coefficient (Wildman–Crippen LogP) is 4.06. The van der Waals surface area contributed by atoms with E-state index < -0.39 is 0 Å². The average molecular weight is 387 g/mol. The van der Waals surface area contributed by atoms with Gasteiger partial charge in [0.15, 0.2) is 0 Å². The van der Waals surface area contributed by atoms with Crippen molar-refractivity contribution in [2.75, 3.05) is 16.8 Å². The van der Waals surface area contributed by atoms with Crippen LogP contribution in [0.25, 0.3) is 0 Å². The highest BCUT2D eigenvalue weighted by atomic mass is 79.9. The number of halogens is 1. The normalized spacial score (nSPS) is 17.2. The van der Waals surface area contributed by atoms with Gasteiger partial charge in [0, 0.05) is 23.1 Å². The maximum absolute atomic E-state index is 12.6. The molecule has 1 aliphatic heterocycles. The van der Waals surface area contributed by atoms with E-state index in [0.717, 1.165) is 27.0 Å². The molecule has 2 aromatic rings. The molecule has 0 aliphatic carbocycles. The van der Waals surface area contributed by atoms with Gasteiger partial charge in [-0.3, -0.25) is 9.59 Å². The number of anilines is 2. The van der Waals surface area contributed by atoms with Gasteiger partial charge in [-0.15, -0.1) is 0 Å². The van der Waals surface area contributed by atoms with Crippen LogP contribution >= 0.6 is 15.9 Å². The minimum absolute atomic E-state index is 0.0250. The maximum atomic E-state index is 12.6. The van der Waals surface area contributed by atoms with Crippen LogP contribution in [-0.2, 0) is 9.59 Å². The number of nitrogens with zero attached hydrogens (tertiary/aromatic N) is 1. The molecule has 2 amide bonds. The summed E-state index contributed by atoms with van der Waals surface area (Å²) in [6.07, 6.45) is 0.234. The third-order valence-corrected chi connectivity index (χ3v) is 4.96. The first-order valence-corrected chi connectivity index (χ1v) is 8.68. The summed E-state index contributed by atoms with van der Waals surface area (Å²) in [5, 5.41) is 2.97. The molecule has 0 saturated carbocycles. The average Bonchev–Trinajstić information content (AvgIpc) is 2.93. The second-order valence-electron chi connectivity index (χ2n) is 6.16. The Morgan fingerprint density at radius 2 is 1.96 bits per heavy atom. The highest BCUT2D eigenvalue weighted by molar-refractivity contribution is 9.10. The predicted molar refractivity (Wildman–Crippen MR) is 99.1 cm³/mol. The zero-order valence-electron chi connectivity index (χ0n) is 13.7. The van der Waals surface area contributed by atoms with Gasteiger partial charge in [0.05, 0.1) is 11.6 Å². The lowest BCUT2D eigenvalue weighted by Crippen LogP contribution is -2.28. The van der Waals surface area contributed by atoms with E-state index >= 15 is 0 Å². The van der Waals surface area contributed by atoms with Crippen LogP contribution in [0.5, 0.6) is 0 Å². The van der Waals surface area contributed by atoms with Gasteiger partial charge < -0.3 is 10.2 Å². The number of rotatable bonds is 3. The summed E-state index contributed by atoms with van der Waals surface area (Å²) >= 11 is 3.47. The van der Waals surface area contributed by atoms with Gasteiger partial charge in [0.2, 0.25) is 11.8 Å². The second kappa shape index (κ2) is 6.77. The van der Waals surface area contributed by atoms with Crippen molar-refractivity contribution in [2.45, 2.75) is 20.3 Å².